The van der Waals surface area contributed by atoms with Crippen molar-refractivity contribution in [2.75, 3.05) is 18.4 Å². The minimum atomic E-state index is -0.0352. The molecular formula is C19H30N4O2S2. The maximum absolute atomic E-state index is 12.2. The highest BCUT2D eigenvalue weighted by molar-refractivity contribution is 8.00. The number of hydrogen-bond acceptors (Lipinski definition) is 7. The van der Waals surface area contributed by atoms with Crippen LogP contribution < -0.4 is 10.6 Å². The Balaban J connectivity index is 0.00000126. The van der Waals surface area contributed by atoms with E-state index in [4.69, 9.17) is 4.42 Å². The summed E-state index contributed by atoms with van der Waals surface area (Å²) < 4.78 is 6.84. The summed E-state index contributed by atoms with van der Waals surface area (Å²) in [5, 5.41) is 6.87. The average Bonchev–Trinajstić information content (AvgIpc) is 3.31. The van der Waals surface area contributed by atoms with Gasteiger partial charge in [-0.15, -0.1) is 11.8 Å². The summed E-state index contributed by atoms with van der Waals surface area (Å²) in [7, 11) is 0. The van der Waals surface area contributed by atoms with Crippen molar-refractivity contribution in [1.29, 1.82) is 0 Å². The van der Waals surface area contributed by atoms with E-state index >= 15 is 0 Å². The maximum Gasteiger partial charge on any atom is 0.229 e. The first-order chi connectivity index (χ1) is 12.9. The maximum atomic E-state index is 12.2. The molecule has 0 bridgehead atoms. The predicted molar refractivity (Wildman–Crippen MR) is 112 cm³/mol. The van der Waals surface area contributed by atoms with Crippen LogP contribution in [0, 0.1) is 5.92 Å². The fourth-order valence-electron chi connectivity index (χ4n) is 2.53. The second-order valence-electron chi connectivity index (χ2n) is 7.15. The van der Waals surface area contributed by atoms with E-state index in [0.29, 0.717) is 16.8 Å². The third-order valence-corrected chi connectivity index (χ3v) is 6.15. The number of carbonyl (C=O) groups is 1. The highest BCUT2D eigenvalue weighted by atomic mass is 32.2. The third kappa shape index (κ3) is 6.62. The zero-order valence-electron chi connectivity index (χ0n) is 16.8. The Labute approximate surface area is 169 Å². The molecule has 150 valence electrons. The molecule has 3 rings (SSSR count). The summed E-state index contributed by atoms with van der Waals surface area (Å²) in [6.07, 6.45) is 5.37. The first kappa shape index (κ1) is 21.9. The number of nitrogens with zero attached hydrogens (tertiary/aromatic N) is 2. The molecule has 0 radical (unpaired) electrons. The van der Waals surface area contributed by atoms with E-state index in [1.807, 2.05) is 13.8 Å². The molecule has 0 unspecified atom stereocenters. The number of nitrogens with one attached hydrogen (secondary N) is 2. The van der Waals surface area contributed by atoms with E-state index in [9.17, 15) is 4.79 Å². The van der Waals surface area contributed by atoms with Gasteiger partial charge >= 0.3 is 0 Å². The van der Waals surface area contributed by atoms with Crippen LogP contribution in [0.1, 0.15) is 59.1 Å². The van der Waals surface area contributed by atoms with Gasteiger partial charge in [-0.25, -0.2) is 9.97 Å². The highest BCUT2D eigenvalue weighted by Crippen LogP contribution is 2.32. The molecule has 0 atom stereocenters. The van der Waals surface area contributed by atoms with Gasteiger partial charge in [-0.2, -0.15) is 0 Å². The lowest BCUT2D eigenvalue weighted by Crippen LogP contribution is -2.34. The van der Waals surface area contributed by atoms with Crippen molar-refractivity contribution < 1.29 is 9.21 Å². The lowest BCUT2D eigenvalue weighted by Gasteiger charge is -2.20. The van der Waals surface area contributed by atoms with Crippen LogP contribution in [0.2, 0.25) is 0 Å². The van der Waals surface area contributed by atoms with Gasteiger partial charge in [0.2, 0.25) is 11.8 Å². The van der Waals surface area contributed by atoms with Gasteiger partial charge in [-0.1, -0.05) is 46.0 Å². The molecule has 2 N–H and O–H groups in total. The lowest BCUT2D eigenvalue weighted by molar-refractivity contribution is -0.120. The predicted octanol–water partition coefficient (Wildman–Crippen LogP) is 4.69. The van der Waals surface area contributed by atoms with Gasteiger partial charge in [0.1, 0.15) is 5.76 Å². The summed E-state index contributed by atoms with van der Waals surface area (Å²) in [4.78, 5) is 20.9. The molecule has 1 aliphatic rings. The van der Waals surface area contributed by atoms with Gasteiger partial charge in [-0.3, -0.25) is 4.79 Å². The van der Waals surface area contributed by atoms with Crippen LogP contribution >= 0.6 is 23.1 Å². The Morgan fingerprint density at radius 2 is 2.00 bits per heavy atom. The Bertz CT molecular complexity index is 715. The molecule has 0 aromatic carbocycles. The van der Waals surface area contributed by atoms with Gasteiger partial charge in [-0.05, 0) is 25.9 Å². The lowest BCUT2D eigenvalue weighted by atomic mass is 9.94. The number of rotatable bonds is 5. The zero-order chi connectivity index (χ0) is 19.9. The number of oxazole rings is 1. The van der Waals surface area contributed by atoms with Crippen molar-refractivity contribution in [2.24, 2.45) is 5.92 Å². The van der Waals surface area contributed by atoms with Crippen LogP contribution in [0.4, 0.5) is 5.13 Å². The highest BCUT2D eigenvalue weighted by Gasteiger charge is 2.22. The number of carbonyl (C=O) groups excluding carboxylic acids is 1. The largest absolute Gasteiger partial charge is 0.444 e. The Hall–Kier alpha value is -1.38. The average molecular weight is 411 g/mol. The number of hydrogen-bond donors (Lipinski definition) is 2. The molecule has 1 amide bonds. The Morgan fingerprint density at radius 1 is 1.30 bits per heavy atom. The molecule has 0 saturated carbocycles. The first-order valence-electron chi connectivity index (χ1n) is 9.47. The molecule has 2 aromatic rings. The number of thiazole rings is 1. The van der Waals surface area contributed by atoms with Gasteiger partial charge < -0.3 is 15.1 Å². The van der Waals surface area contributed by atoms with E-state index in [1.165, 1.54) is 11.3 Å². The Morgan fingerprint density at radius 3 is 2.63 bits per heavy atom. The van der Waals surface area contributed by atoms with E-state index in [2.05, 4.69) is 41.4 Å². The monoisotopic (exact) mass is 410 g/mol. The van der Waals surface area contributed by atoms with Crippen molar-refractivity contribution >= 4 is 34.1 Å². The van der Waals surface area contributed by atoms with E-state index in [0.717, 1.165) is 35.9 Å². The minimum Gasteiger partial charge on any atom is -0.444 e. The Kier molecular flexibility index (Phi) is 8.31. The number of amides is 1. The first-order valence-corrected chi connectivity index (χ1v) is 11.3. The van der Waals surface area contributed by atoms with Crippen LogP contribution in [0.25, 0.3) is 0 Å². The molecule has 0 spiro atoms. The summed E-state index contributed by atoms with van der Waals surface area (Å²) >= 11 is 3.11. The third-order valence-electron chi connectivity index (χ3n) is 4.06. The van der Waals surface area contributed by atoms with Gasteiger partial charge in [0, 0.05) is 11.3 Å². The minimum absolute atomic E-state index is 0.0352. The summed E-state index contributed by atoms with van der Waals surface area (Å²) in [6.45, 7) is 12.1. The number of aromatic nitrogens is 2. The zero-order valence-corrected chi connectivity index (χ0v) is 18.4. The van der Waals surface area contributed by atoms with Crippen LogP contribution in [0.15, 0.2) is 21.0 Å². The molecule has 2 aromatic heterocycles. The topological polar surface area (TPSA) is 80.0 Å². The molecule has 1 fully saturated rings. The molecule has 3 heterocycles. The van der Waals surface area contributed by atoms with Crippen LogP contribution in [0.5, 0.6) is 0 Å². The van der Waals surface area contributed by atoms with Crippen molar-refractivity contribution in [2.45, 2.75) is 62.8 Å². The van der Waals surface area contributed by atoms with E-state index in [-0.39, 0.29) is 17.2 Å². The second kappa shape index (κ2) is 10.2. The number of piperidine rings is 1. The van der Waals surface area contributed by atoms with Crippen molar-refractivity contribution in [3.8, 4) is 0 Å². The molecule has 27 heavy (non-hydrogen) atoms. The van der Waals surface area contributed by atoms with Crippen LogP contribution in [-0.2, 0) is 16.0 Å². The molecular weight excluding hydrogens is 380 g/mol. The van der Waals surface area contributed by atoms with Crippen LogP contribution in [0.3, 0.4) is 0 Å². The van der Waals surface area contributed by atoms with Crippen LogP contribution in [-0.4, -0.2) is 29.0 Å². The summed E-state index contributed by atoms with van der Waals surface area (Å²) in [5.41, 5.74) is -0.0352. The summed E-state index contributed by atoms with van der Waals surface area (Å²) in [5.74, 6) is 2.42. The van der Waals surface area contributed by atoms with Crippen molar-refractivity contribution in [1.82, 2.24) is 15.3 Å². The van der Waals surface area contributed by atoms with Gasteiger partial charge in [0.15, 0.2) is 5.13 Å². The van der Waals surface area contributed by atoms with Crippen molar-refractivity contribution in [3.63, 3.8) is 0 Å². The molecule has 1 saturated heterocycles. The molecule has 8 heteroatoms. The summed E-state index contributed by atoms with van der Waals surface area (Å²) in [6, 6.07) is 0. The normalized spacial score (nSPS) is 15.1. The van der Waals surface area contributed by atoms with Crippen molar-refractivity contribution in [3.05, 3.63) is 24.0 Å². The van der Waals surface area contributed by atoms with Gasteiger partial charge in [0.05, 0.1) is 22.4 Å². The smallest absolute Gasteiger partial charge is 0.229 e. The number of anilines is 1. The fourth-order valence-corrected chi connectivity index (χ4v) is 4.26. The quantitative estimate of drug-likeness (QED) is 0.696. The second-order valence-corrected chi connectivity index (χ2v) is 9.46. The van der Waals surface area contributed by atoms with E-state index < -0.39 is 0 Å². The SMILES string of the molecule is CC.CC(C)(C)c1cnc(CSc2cnc(NC(=O)C3CCNCC3)s2)o1. The standard InChI is InChI=1S/C17H24N4O2S2.C2H6/c1-17(2,3)12-8-19-13(23-12)10-24-14-9-20-16(25-14)21-15(22)11-4-6-18-7-5-11;1-2/h8-9,11,18H,4-7,10H2,1-3H3,(H,20,21,22);1-2H3. The molecule has 6 nitrogen and oxygen atoms in total. The molecule has 0 aliphatic carbocycles. The number of thioether (sulfide) groups is 1. The molecule has 1 aliphatic heterocycles. The van der Waals surface area contributed by atoms with Gasteiger partial charge in [0.25, 0.3) is 0 Å². The fraction of sp³-hybridized carbons (Fsp3) is 0.632. The van der Waals surface area contributed by atoms with E-state index in [1.54, 1.807) is 24.2 Å².